The topological polar surface area (TPSA) is 109 Å². The van der Waals surface area contributed by atoms with Crippen LogP contribution in [0.1, 0.15) is 27.2 Å². The second kappa shape index (κ2) is 6.88. The molecule has 1 rings (SSSR count). The van der Waals surface area contributed by atoms with Crippen molar-refractivity contribution >= 4 is 12.0 Å². The molecule has 0 aromatic carbocycles. The number of amides is 2. The van der Waals surface area contributed by atoms with Gasteiger partial charge in [-0.05, 0) is 11.8 Å². The summed E-state index contributed by atoms with van der Waals surface area (Å²) in [5, 5.41) is 21.7. The van der Waals surface area contributed by atoms with Gasteiger partial charge in [0.25, 0.3) is 0 Å². The molecule has 0 saturated heterocycles. The number of aryl methyl sites for hydroxylation is 1. The summed E-state index contributed by atoms with van der Waals surface area (Å²) in [5.74, 6) is -1.05. The number of aromatic nitrogens is 3. The van der Waals surface area contributed by atoms with Crippen LogP contribution in [0, 0.1) is 5.41 Å². The average molecular weight is 283 g/mol. The SMILES string of the molecule is CC(C)(C)[C@@H](NC(=O)NCCCn1ccnn1)C(=O)O. The van der Waals surface area contributed by atoms with Crippen LogP contribution in [-0.4, -0.2) is 44.7 Å². The molecule has 0 unspecified atom stereocenters. The van der Waals surface area contributed by atoms with Crippen LogP contribution in [0.25, 0.3) is 0 Å². The zero-order valence-electron chi connectivity index (χ0n) is 12.0. The number of carboxylic acids is 1. The summed E-state index contributed by atoms with van der Waals surface area (Å²) in [7, 11) is 0. The van der Waals surface area contributed by atoms with E-state index in [9.17, 15) is 9.59 Å². The van der Waals surface area contributed by atoms with Crippen molar-refractivity contribution in [1.82, 2.24) is 25.6 Å². The lowest BCUT2D eigenvalue weighted by atomic mass is 9.87. The average Bonchev–Trinajstić information content (AvgIpc) is 2.83. The van der Waals surface area contributed by atoms with Gasteiger partial charge in [0, 0.05) is 19.3 Å². The molecule has 3 N–H and O–H groups in total. The number of carbonyl (C=O) groups is 2. The van der Waals surface area contributed by atoms with E-state index in [4.69, 9.17) is 5.11 Å². The smallest absolute Gasteiger partial charge is 0.326 e. The normalized spacial score (nSPS) is 12.8. The van der Waals surface area contributed by atoms with Crippen molar-refractivity contribution < 1.29 is 14.7 Å². The van der Waals surface area contributed by atoms with E-state index in [1.54, 1.807) is 37.8 Å². The van der Waals surface area contributed by atoms with E-state index < -0.39 is 23.5 Å². The third-order valence-electron chi connectivity index (χ3n) is 2.71. The van der Waals surface area contributed by atoms with Crippen LogP contribution in [0.3, 0.4) is 0 Å². The largest absolute Gasteiger partial charge is 0.480 e. The molecule has 1 aromatic heterocycles. The van der Waals surface area contributed by atoms with Gasteiger partial charge in [-0.3, -0.25) is 4.68 Å². The Morgan fingerprint density at radius 1 is 1.40 bits per heavy atom. The maximum atomic E-state index is 11.6. The van der Waals surface area contributed by atoms with E-state index in [0.717, 1.165) is 0 Å². The molecule has 0 saturated carbocycles. The molecular weight excluding hydrogens is 262 g/mol. The summed E-state index contributed by atoms with van der Waals surface area (Å²) < 4.78 is 1.66. The predicted octanol–water partition coefficient (Wildman–Crippen LogP) is 0.467. The molecule has 0 bridgehead atoms. The van der Waals surface area contributed by atoms with Gasteiger partial charge in [0.1, 0.15) is 6.04 Å². The number of hydrogen-bond acceptors (Lipinski definition) is 4. The molecule has 1 aromatic rings. The highest BCUT2D eigenvalue weighted by Crippen LogP contribution is 2.19. The fraction of sp³-hybridized carbons (Fsp3) is 0.667. The molecule has 0 spiro atoms. The molecule has 0 aliphatic carbocycles. The van der Waals surface area contributed by atoms with E-state index in [1.807, 2.05) is 0 Å². The van der Waals surface area contributed by atoms with Gasteiger partial charge < -0.3 is 15.7 Å². The Labute approximate surface area is 117 Å². The number of aliphatic carboxylic acids is 1. The number of carboxylic acid groups (broad SMARTS) is 1. The van der Waals surface area contributed by atoms with Crippen LogP contribution in [0.4, 0.5) is 4.79 Å². The van der Waals surface area contributed by atoms with E-state index in [0.29, 0.717) is 19.5 Å². The highest BCUT2D eigenvalue weighted by Gasteiger charge is 2.32. The lowest BCUT2D eigenvalue weighted by Gasteiger charge is -2.27. The van der Waals surface area contributed by atoms with Crippen molar-refractivity contribution in [3.63, 3.8) is 0 Å². The number of rotatable bonds is 6. The van der Waals surface area contributed by atoms with Gasteiger partial charge in [-0.15, -0.1) is 5.10 Å². The summed E-state index contributed by atoms with van der Waals surface area (Å²) in [6, 6.07) is -1.41. The Morgan fingerprint density at radius 2 is 2.10 bits per heavy atom. The van der Waals surface area contributed by atoms with Crippen molar-refractivity contribution in [2.45, 2.75) is 39.8 Å². The highest BCUT2D eigenvalue weighted by molar-refractivity contribution is 5.83. The van der Waals surface area contributed by atoms with Gasteiger partial charge in [-0.2, -0.15) is 0 Å². The third-order valence-corrected chi connectivity index (χ3v) is 2.71. The Kier molecular flexibility index (Phi) is 5.48. The van der Waals surface area contributed by atoms with Gasteiger partial charge >= 0.3 is 12.0 Å². The maximum absolute atomic E-state index is 11.6. The lowest BCUT2D eigenvalue weighted by molar-refractivity contribution is -0.141. The minimum atomic E-state index is -1.05. The molecular formula is C12H21N5O3. The quantitative estimate of drug-likeness (QED) is 0.657. The van der Waals surface area contributed by atoms with Gasteiger partial charge in [0.05, 0.1) is 6.20 Å². The van der Waals surface area contributed by atoms with Crippen molar-refractivity contribution in [2.75, 3.05) is 6.54 Å². The van der Waals surface area contributed by atoms with Crippen molar-refractivity contribution in [3.8, 4) is 0 Å². The van der Waals surface area contributed by atoms with Gasteiger partial charge in [0.15, 0.2) is 0 Å². The summed E-state index contributed by atoms with van der Waals surface area (Å²) >= 11 is 0. The van der Waals surface area contributed by atoms with Crippen LogP contribution in [0.2, 0.25) is 0 Å². The Hall–Kier alpha value is -2.12. The summed E-state index contributed by atoms with van der Waals surface area (Å²) in [5.41, 5.74) is -0.552. The number of nitrogens with one attached hydrogen (secondary N) is 2. The summed E-state index contributed by atoms with van der Waals surface area (Å²) in [6.45, 7) is 6.36. The van der Waals surface area contributed by atoms with Crippen molar-refractivity contribution in [1.29, 1.82) is 0 Å². The zero-order chi connectivity index (χ0) is 15.2. The van der Waals surface area contributed by atoms with Crippen LogP contribution in [0.5, 0.6) is 0 Å². The first-order valence-corrected chi connectivity index (χ1v) is 6.42. The zero-order valence-corrected chi connectivity index (χ0v) is 12.0. The molecule has 1 atom stereocenters. The highest BCUT2D eigenvalue weighted by atomic mass is 16.4. The van der Waals surface area contributed by atoms with Crippen molar-refractivity contribution in [3.05, 3.63) is 12.4 Å². The third kappa shape index (κ3) is 5.25. The summed E-state index contributed by atoms with van der Waals surface area (Å²) in [4.78, 5) is 22.8. The number of urea groups is 1. The molecule has 112 valence electrons. The van der Waals surface area contributed by atoms with E-state index in [2.05, 4.69) is 20.9 Å². The van der Waals surface area contributed by atoms with Crippen LogP contribution in [0.15, 0.2) is 12.4 Å². The van der Waals surface area contributed by atoms with Gasteiger partial charge in [-0.25, -0.2) is 9.59 Å². The van der Waals surface area contributed by atoms with Gasteiger partial charge in [-0.1, -0.05) is 26.0 Å². The Morgan fingerprint density at radius 3 is 2.60 bits per heavy atom. The first-order valence-electron chi connectivity index (χ1n) is 6.42. The number of hydrogen-bond donors (Lipinski definition) is 3. The number of carbonyl (C=O) groups excluding carboxylic acids is 1. The van der Waals surface area contributed by atoms with Crippen LogP contribution >= 0.6 is 0 Å². The first-order chi connectivity index (χ1) is 9.30. The minimum absolute atomic E-state index is 0.433. The summed E-state index contributed by atoms with van der Waals surface area (Å²) in [6.07, 6.45) is 4.01. The van der Waals surface area contributed by atoms with Crippen LogP contribution in [-0.2, 0) is 11.3 Å². The van der Waals surface area contributed by atoms with E-state index >= 15 is 0 Å². The van der Waals surface area contributed by atoms with Crippen LogP contribution < -0.4 is 10.6 Å². The predicted molar refractivity (Wildman–Crippen MR) is 72.1 cm³/mol. The molecule has 8 heteroatoms. The second-order valence-electron chi connectivity index (χ2n) is 5.56. The molecule has 0 aliphatic heterocycles. The van der Waals surface area contributed by atoms with E-state index in [-0.39, 0.29) is 0 Å². The monoisotopic (exact) mass is 283 g/mol. The molecule has 0 fully saturated rings. The van der Waals surface area contributed by atoms with Gasteiger partial charge in [0.2, 0.25) is 0 Å². The lowest BCUT2D eigenvalue weighted by Crippen LogP contribution is -2.52. The molecule has 0 aliphatic rings. The fourth-order valence-corrected chi connectivity index (χ4v) is 1.63. The minimum Gasteiger partial charge on any atom is -0.480 e. The van der Waals surface area contributed by atoms with Crippen molar-refractivity contribution in [2.24, 2.45) is 5.41 Å². The molecule has 0 radical (unpaired) electrons. The maximum Gasteiger partial charge on any atom is 0.326 e. The molecule has 2 amide bonds. The second-order valence-corrected chi connectivity index (χ2v) is 5.56. The Bertz CT molecular complexity index is 438. The molecule has 8 nitrogen and oxygen atoms in total. The number of nitrogens with zero attached hydrogens (tertiary/aromatic N) is 3. The van der Waals surface area contributed by atoms with E-state index in [1.165, 1.54) is 0 Å². The molecule has 20 heavy (non-hydrogen) atoms. The Balaban J connectivity index is 2.30. The first kappa shape index (κ1) is 15.9. The fourth-order valence-electron chi connectivity index (χ4n) is 1.63. The molecule has 1 heterocycles. The standard InChI is InChI=1S/C12H21N5O3/c1-12(2,3)9(10(18)19)15-11(20)13-5-4-7-17-8-6-14-16-17/h6,8-9H,4-5,7H2,1-3H3,(H,18,19)(H2,13,15,20)/t9-/m0/s1.